The molecule has 0 aromatic rings. The van der Waals surface area contributed by atoms with E-state index < -0.39 is 0 Å². The van der Waals surface area contributed by atoms with Gasteiger partial charge >= 0.3 is 0 Å². The van der Waals surface area contributed by atoms with Gasteiger partial charge in [0.2, 0.25) is 11.8 Å². The number of carbonyl (C=O) groups is 2. The molecule has 0 aliphatic carbocycles. The van der Waals surface area contributed by atoms with Crippen LogP contribution in [0.4, 0.5) is 0 Å². The van der Waals surface area contributed by atoms with Gasteiger partial charge in [-0.2, -0.15) is 0 Å². The van der Waals surface area contributed by atoms with Crippen molar-refractivity contribution in [3.05, 3.63) is 12.2 Å². The van der Waals surface area contributed by atoms with E-state index in [1.54, 1.807) is 0 Å². The Morgan fingerprint density at radius 2 is 1.58 bits per heavy atom. The second-order valence-corrected chi connectivity index (χ2v) is 7.70. The molecule has 0 aromatic heterocycles. The number of hydrogen-bond donors (Lipinski definition) is 0. The van der Waals surface area contributed by atoms with Gasteiger partial charge in [0.25, 0.3) is 0 Å². The van der Waals surface area contributed by atoms with Crippen molar-refractivity contribution in [3.63, 3.8) is 0 Å². The average molecular weight is 265 g/mol. The molecule has 3 nitrogen and oxygen atoms in total. The van der Waals surface area contributed by atoms with Gasteiger partial charge in [-0.3, -0.25) is 14.5 Å². The van der Waals surface area contributed by atoms with Crippen molar-refractivity contribution in [1.29, 1.82) is 0 Å². The van der Waals surface area contributed by atoms with Crippen molar-refractivity contribution in [2.24, 2.45) is 10.8 Å². The molecule has 1 rings (SSSR count). The van der Waals surface area contributed by atoms with Gasteiger partial charge in [-0.1, -0.05) is 46.8 Å². The van der Waals surface area contributed by atoms with E-state index in [0.29, 0.717) is 19.4 Å². The van der Waals surface area contributed by atoms with Crippen molar-refractivity contribution in [3.8, 4) is 0 Å². The first-order valence-electron chi connectivity index (χ1n) is 7.00. The smallest absolute Gasteiger partial charge is 0.229 e. The van der Waals surface area contributed by atoms with Crippen molar-refractivity contribution >= 4 is 11.8 Å². The summed E-state index contributed by atoms with van der Waals surface area (Å²) in [6, 6.07) is 0. The van der Waals surface area contributed by atoms with Crippen LogP contribution >= 0.6 is 0 Å². The molecule has 0 unspecified atom stereocenters. The standard InChI is InChI=1S/C16H27NO2/c1-12(9-16(5,6)11-15(2,3)4)10-17-13(18)7-8-14(17)19/h1,7-11H2,2-6H3. The molecular weight excluding hydrogens is 238 g/mol. The van der Waals surface area contributed by atoms with Gasteiger partial charge in [0.05, 0.1) is 0 Å². The lowest BCUT2D eigenvalue weighted by Gasteiger charge is -2.33. The third-order valence-electron chi connectivity index (χ3n) is 3.27. The zero-order valence-corrected chi connectivity index (χ0v) is 13.0. The first-order valence-corrected chi connectivity index (χ1v) is 7.00. The van der Waals surface area contributed by atoms with E-state index in [-0.39, 0.29) is 22.6 Å². The van der Waals surface area contributed by atoms with Crippen LogP contribution in [-0.4, -0.2) is 23.3 Å². The van der Waals surface area contributed by atoms with Crippen molar-refractivity contribution < 1.29 is 9.59 Å². The molecule has 1 heterocycles. The molecular formula is C16H27NO2. The summed E-state index contributed by atoms with van der Waals surface area (Å²) in [5.74, 6) is -0.112. The Kier molecular flexibility index (Phi) is 4.59. The maximum absolute atomic E-state index is 11.6. The zero-order valence-electron chi connectivity index (χ0n) is 13.0. The number of rotatable bonds is 5. The lowest BCUT2D eigenvalue weighted by Crippen LogP contribution is -2.32. The topological polar surface area (TPSA) is 37.4 Å². The second kappa shape index (κ2) is 5.48. The summed E-state index contributed by atoms with van der Waals surface area (Å²) in [6.45, 7) is 15.6. The fourth-order valence-electron chi connectivity index (χ4n) is 3.25. The molecule has 3 heteroatoms. The number of nitrogens with zero attached hydrogens (tertiary/aromatic N) is 1. The summed E-state index contributed by atoms with van der Waals surface area (Å²) in [6.07, 6.45) is 2.65. The van der Waals surface area contributed by atoms with Crippen LogP contribution in [0.2, 0.25) is 0 Å². The third kappa shape index (κ3) is 5.17. The maximum Gasteiger partial charge on any atom is 0.229 e. The summed E-state index contributed by atoms with van der Waals surface area (Å²) in [5.41, 5.74) is 1.38. The summed E-state index contributed by atoms with van der Waals surface area (Å²) in [4.78, 5) is 24.5. The highest BCUT2D eigenvalue weighted by atomic mass is 16.2. The average Bonchev–Trinajstić information content (AvgIpc) is 2.44. The molecule has 1 aliphatic rings. The van der Waals surface area contributed by atoms with E-state index in [2.05, 4.69) is 41.2 Å². The van der Waals surface area contributed by atoms with Gasteiger partial charge in [0.15, 0.2) is 0 Å². The lowest BCUT2D eigenvalue weighted by atomic mass is 9.73. The zero-order chi connectivity index (χ0) is 14.8. The minimum Gasteiger partial charge on any atom is -0.278 e. The van der Waals surface area contributed by atoms with Crippen LogP contribution in [0.5, 0.6) is 0 Å². The quantitative estimate of drug-likeness (QED) is 0.563. The van der Waals surface area contributed by atoms with Crippen LogP contribution in [0.1, 0.15) is 60.3 Å². The molecule has 1 saturated heterocycles. The number of imide groups is 1. The molecule has 0 radical (unpaired) electrons. The highest BCUT2D eigenvalue weighted by Gasteiger charge is 2.31. The summed E-state index contributed by atoms with van der Waals surface area (Å²) >= 11 is 0. The monoisotopic (exact) mass is 265 g/mol. The van der Waals surface area contributed by atoms with Gasteiger partial charge in [0, 0.05) is 19.4 Å². The molecule has 0 bridgehead atoms. The summed E-state index contributed by atoms with van der Waals surface area (Å²) in [7, 11) is 0. The number of hydrogen-bond acceptors (Lipinski definition) is 2. The van der Waals surface area contributed by atoms with E-state index in [1.807, 2.05) is 0 Å². The molecule has 0 N–H and O–H groups in total. The molecule has 19 heavy (non-hydrogen) atoms. The largest absolute Gasteiger partial charge is 0.278 e. The molecule has 0 spiro atoms. The Morgan fingerprint density at radius 1 is 1.11 bits per heavy atom. The highest BCUT2D eigenvalue weighted by Crippen LogP contribution is 2.37. The Hall–Kier alpha value is -1.12. The Balaban J connectivity index is 2.55. The maximum atomic E-state index is 11.6. The minimum absolute atomic E-state index is 0.0558. The lowest BCUT2D eigenvalue weighted by molar-refractivity contribution is -0.137. The number of likely N-dealkylation sites (tertiary alicyclic amines) is 1. The molecule has 1 fully saturated rings. The van der Waals surface area contributed by atoms with Crippen LogP contribution in [0.25, 0.3) is 0 Å². The van der Waals surface area contributed by atoms with Gasteiger partial charge < -0.3 is 0 Å². The van der Waals surface area contributed by atoms with Crippen molar-refractivity contribution in [2.75, 3.05) is 6.54 Å². The predicted octanol–water partition coefficient (Wildman–Crippen LogP) is 3.54. The fourth-order valence-corrected chi connectivity index (χ4v) is 3.25. The highest BCUT2D eigenvalue weighted by molar-refractivity contribution is 6.02. The summed E-state index contributed by atoms with van der Waals surface area (Å²) < 4.78 is 0. The fraction of sp³-hybridized carbons (Fsp3) is 0.750. The Morgan fingerprint density at radius 3 is 2.00 bits per heavy atom. The Labute approximate surface area is 117 Å². The normalized spacial score (nSPS) is 17.2. The van der Waals surface area contributed by atoms with Gasteiger partial charge in [0.1, 0.15) is 0 Å². The number of amides is 2. The first kappa shape index (κ1) is 15.9. The van der Waals surface area contributed by atoms with Crippen LogP contribution in [0.15, 0.2) is 12.2 Å². The molecule has 0 saturated carbocycles. The Bertz CT molecular complexity index is 372. The van der Waals surface area contributed by atoms with Crippen molar-refractivity contribution in [1.82, 2.24) is 4.90 Å². The van der Waals surface area contributed by atoms with E-state index >= 15 is 0 Å². The van der Waals surface area contributed by atoms with E-state index in [1.165, 1.54) is 4.90 Å². The van der Waals surface area contributed by atoms with Crippen LogP contribution in [-0.2, 0) is 9.59 Å². The predicted molar refractivity (Wildman–Crippen MR) is 77.6 cm³/mol. The van der Waals surface area contributed by atoms with E-state index in [4.69, 9.17) is 0 Å². The van der Waals surface area contributed by atoms with E-state index in [9.17, 15) is 9.59 Å². The molecule has 108 valence electrons. The first-order chi connectivity index (χ1) is 8.50. The molecule has 0 aromatic carbocycles. The van der Waals surface area contributed by atoms with Crippen LogP contribution in [0, 0.1) is 10.8 Å². The molecule has 1 aliphatic heterocycles. The van der Waals surface area contributed by atoms with Crippen LogP contribution < -0.4 is 0 Å². The minimum atomic E-state index is -0.0558. The van der Waals surface area contributed by atoms with Crippen LogP contribution in [0.3, 0.4) is 0 Å². The van der Waals surface area contributed by atoms with Gasteiger partial charge in [-0.05, 0) is 23.7 Å². The molecule has 0 atom stereocenters. The van der Waals surface area contributed by atoms with Gasteiger partial charge in [-0.15, -0.1) is 0 Å². The van der Waals surface area contributed by atoms with E-state index in [0.717, 1.165) is 18.4 Å². The van der Waals surface area contributed by atoms with Gasteiger partial charge in [-0.25, -0.2) is 0 Å². The molecule has 2 amide bonds. The van der Waals surface area contributed by atoms with Crippen molar-refractivity contribution in [2.45, 2.75) is 60.3 Å². The SMILES string of the molecule is C=C(CN1C(=O)CCC1=O)CC(C)(C)CC(C)(C)C. The number of carbonyl (C=O) groups excluding carboxylic acids is 2. The summed E-state index contributed by atoms with van der Waals surface area (Å²) in [5, 5.41) is 0. The second-order valence-electron chi connectivity index (χ2n) is 7.70. The third-order valence-corrected chi connectivity index (χ3v) is 3.27.